The van der Waals surface area contributed by atoms with E-state index in [0.29, 0.717) is 16.9 Å². The van der Waals surface area contributed by atoms with Crippen LogP contribution < -0.4 is 11.1 Å². The van der Waals surface area contributed by atoms with Crippen molar-refractivity contribution in [3.05, 3.63) is 65.2 Å². The highest BCUT2D eigenvalue weighted by Crippen LogP contribution is 2.18. The highest BCUT2D eigenvalue weighted by molar-refractivity contribution is 6.05. The predicted octanol–water partition coefficient (Wildman–Crippen LogP) is 2.18. The molecule has 0 bridgehead atoms. The fraction of sp³-hybridized carbons (Fsp3) is 0.167. The van der Waals surface area contributed by atoms with Crippen molar-refractivity contribution in [2.45, 2.75) is 13.8 Å². The first-order chi connectivity index (χ1) is 11.8. The summed E-state index contributed by atoms with van der Waals surface area (Å²) in [6, 6.07) is 10.9. The van der Waals surface area contributed by atoms with Gasteiger partial charge in [0, 0.05) is 24.6 Å². The first-order valence-corrected chi connectivity index (χ1v) is 7.76. The summed E-state index contributed by atoms with van der Waals surface area (Å²) in [7, 11) is 1.69. The molecule has 25 heavy (non-hydrogen) atoms. The summed E-state index contributed by atoms with van der Waals surface area (Å²) in [5.74, 6) is -0.887. The van der Waals surface area contributed by atoms with Gasteiger partial charge in [-0.2, -0.15) is 5.10 Å². The first-order valence-electron chi connectivity index (χ1n) is 7.76. The largest absolute Gasteiger partial charge is 0.366 e. The molecule has 0 aliphatic rings. The molecular weight excluding hydrogens is 318 g/mol. The van der Waals surface area contributed by atoms with E-state index in [1.54, 1.807) is 17.7 Å². The van der Waals surface area contributed by atoms with Gasteiger partial charge in [0.1, 0.15) is 5.69 Å². The van der Waals surface area contributed by atoms with Gasteiger partial charge in [0.05, 0.1) is 16.9 Å². The van der Waals surface area contributed by atoms with E-state index in [4.69, 9.17) is 5.73 Å². The molecule has 0 saturated heterocycles. The first kappa shape index (κ1) is 16.5. The maximum absolute atomic E-state index is 12.5. The highest BCUT2D eigenvalue weighted by Gasteiger charge is 2.15. The Labute approximate surface area is 145 Å². The number of anilines is 1. The minimum atomic E-state index is -0.568. The Balaban J connectivity index is 1.86. The minimum absolute atomic E-state index is 0.295. The predicted molar refractivity (Wildman–Crippen MR) is 94.9 cm³/mol. The number of hydrogen-bond donors (Lipinski definition) is 2. The molecule has 3 aromatic rings. The fourth-order valence-corrected chi connectivity index (χ4v) is 2.73. The number of nitrogens with zero attached hydrogens (tertiary/aromatic N) is 3. The average Bonchev–Trinajstić information content (AvgIpc) is 3.10. The quantitative estimate of drug-likeness (QED) is 0.764. The lowest BCUT2D eigenvalue weighted by Gasteiger charge is -2.09. The molecule has 0 saturated carbocycles. The Morgan fingerprint density at radius 1 is 1.16 bits per heavy atom. The van der Waals surface area contributed by atoms with Gasteiger partial charge in [0.15, 0.2) is 0 Å². The van der Waals surface area contributed by atoms with E-state index in [9.17, 15) is 9.59 Å². The van der Waals surface area contributed by atoms with Crippen LogP contribution in [-0.2, 0) is 7.05 Å². The van der Waals surface area contributed by atoms with Gasteiger partial charge in [-0.05, 0) is 44.2 Å². The zero-order chi connectivity index (χ0) is 18.1. The standard InChI is InChI=1S/C18H19N5O2/c1-11-7-12(2)23(21-11)15-6-4-5-14(9-15)20-18(25)16-8-13(17(19)24)10-22(16)3/h4-10H,1-3H3,(H2,19,24)(H,20,25). The second-order valence-electron chi connectivity index (χ2n) is 5.93. The molecule has 2 amide bonds. The van der Waals surface area contributed by atoms with Gasteiger partial charge in [-0.3, -0.25) is 9.59 Å². The van der Waals surface area contributed by atoms with Crippen molar-refractivity contribution in [2.24, 2.45) is 12.8 Å². The van der Waals surface area contributed by atoms with E-state index in [-0.39, 0.29) is 5.91 Å². The van der Waals surface area contributed by atoms with Crippen LogP contribution in [0.5, 0.6) is 0 Å². The summed E-state index contributed by atoms with van der Waals surface area (Å²) in [4.78, 5) is 23.7. The average molecular weight is 337 g/mol. The van der Waals surface area contributed by atoms with Crippen molar-refractivity contribution in [1.82, 2.24) is 14.3 Å². The number of amides is 2. The molecule has 0 spiro atoms. The zero-order valence-electron chi connectivity index (χ0n) is 14.3. The molecule has 1 aromatic carbocycles. The third-order valence-corrected chi connectivity index (χ3v) is 3.88. The summed E-state index contributed by atoms with van der Waals surface area (Å²) in [6.07, 6.45) is 1.53. The van der Waals surface area contributed by atoms with Crippen molar-refractivity contribution in [2.75, 3.05) is 5.32 Å². The van der Waals surface area contributed by atoms with Crippen LogP contribution in [0.2, 0.25) is 0 Å². The molecule has 3 N–H and O–H groups in total. The van der Waals surface area contributed by atoms with Crippen LogP contribution in [0.4, 0.5) is 5.69 Å². The maximum atomic E-state index is 12.5. The lowest BCUT2D eigenvalue weighted by atomic mass is 10.2. The van der Waals surface area contributed by atoms with Crippen molar-refractivity contribution >= 4 is 17.5 Å². The number of aryl methyl sites for hydroxylation is 3. The van der Waals surface area contributed by atoms with Gasteiger partial charge < -0.3 is 15.6 Å². The number of nitrogens with one attached hydrogen (secondary N) is 1. The normalized spacial score (nSPS) is 10.7. The van der Waals surface area contributed by atoms with E-state index in [1.807, 2.05) is 42.8 Å². The van der Waals surface area contributed by atoms with Crippen LogP contribution in [0.25, 0.3) is 5.69 Å². The Hall–Kier alpha value is -3.35. The van der Waals surface area contributed by atoms with Crippen LogP contribution in [0.3, 0.4) is 0 Å². The number of aromatic nitrogens is 3. The summed E-state index contributed by atoms with van der Waals surface area (Å²) in [6.45, 7) is 3.90. The summed E-state index contributed by atoms with van der Waals surface area (Å²) < 4.78 is 3.39. The molecule has 0 aliphatic heterocycles. The SMILES string of the molecule is Cc1cc(C)n(-c2cccc(NC(=O)c3cc(C(N)=O)cn3C)c2)n1. The van der Waals surface area contributed by atoms with Crippen LogP contribution >= 0.6 is 0 Å². The lowest BCUT2D eigenvalue weighted by molar-refractivity contribution is 0.0998. The number of rotatable bonds is 4. The second-order valence-corrected chi connectivity index (χ2v) is 5.93. The topological polar surface area (TPSA) is 94.9 Å². The molecule has 0 fully saturated rings. The Morgan fingerprint density at radius 3 is 2.52 bits per heavy atom. The van der Waals surface area contributed by atoms with E-state index >= 15 is 0 Å². The van der Waals surface area contributed by atoms with Crippen molar-refractivity contribution in [3.63, 3.8) is 0 Å². The third kappa shape index (κ3) is 3.30. The second kappa shape index (κ2) is 6.27. The van der Waals surface area contributed by atoms with Crippen molar-refractivity contribution < 1.29 is 9.59 Å². The molecule has 2 heterocycles. The van der Waals surface area contributed by atoms with Crippen LogP contribution in [0.15, 0.2) is 42.6 Å². The van der Waals surface area contributed by atoms with Gasteiger partial charge in [-0.25, -0.2) is 4.68 Å². The molecule has 0 atom stereocenters. The van der Waals surface area contributed by atoms with Crippen LogP contribution in [0, 0.1) is 13.8 Å². The monoisotopic (exact) mass is 337 g/mol. The van der Waals surface area contributed by atoms with Gasteiger partial charge >= 0.3 is 0 Å². The van der Waals surface area contributed by atoms with Crippen LogP contribution in [-0.4, -0.2) is 26.2 Å². The number of benzene rings is 1. The minimum Gasteiger partial charge on any atom is -0.366 e. The molecule has 128 valence electrons. The molecule has 3 rings (SSSR count). The van der Waals surface area contributed by atoms with Gasteiger partial charge in [-0.1, -0.05) is 6.07 Å². The Kier molecular flexibility index (Phi) is 4.14. The third-order valence-electron chi connectivity index (χ3n) is 3.88. The van der Waals surface area contributed by atoms with E-state index in [1.165, 1.54) is 12.3 Å². The fourth-order valence-electron chi connectivity index (χ4n) is 2.73. The number of hydrogen-bond acceptors (Lipinski definition) is 3. The Bertz CT molecular complexity index is 968. The van der Waals surface area contributed by atoms with Gasteiger partial charge in [0.25, 0.3) is 5.91 Å². The Morgan fingerprint density at radius 2 is 1.92 bits per heavy atom. The molecule has 0 radical (unpaired) electrons. The van der Waals surface area contributed by atoms with Crippen molar-refractivity contribution in [3.8, 4) is 5.69 Å². The smallest absolute Gasteiger partial charge is 0.272 e. The van der Waals surface area contributed by atoms with Crippen LogP contribution in [0.1, 0.15) is 32.2 Å². The summed E-state index contributed by atoms with van der Waals surface area (Å²) in [5, 5.41) is 7.28. The van der Waals surface area contributed by atoms with E-state index in [2.05, 4.69) is 10.4 Å². The molecule has 7 heteroatoms. The summed E-state index contributed by atoms with van der Waals surface area (Å²) in [5.41, 5.74) is 9.33. The molecule has 0 aliphatic carbocycles. The maximum Gasteiger partial charge on any atom is 0.272 e. The molecular formula is C18H19N5O2. The highest BCUT2D eigenvalue weighted by atomic mass is 16.2. The van der Waals surface area contributed by atoms with E-state index < -0.39 is 5.91 Å². The molecule has 0 unspecified atom stereocenters. The molecule has 7 nitrogen and oxygen atoms in total. The number of carbonyl (C=O) groups excluding carboxylic acids is 2. The number of primary amides is 1. The van der Waals surface area contributed by atoms with E-state index in [0.717, 1.165) is 17.1 Å². The number of carbonyl (C=O) groups is 2. The summed E-state index contributed by atoms with van der Waals surface area (Å²) >= 11 is 0. The van der Waals surface area contributed by atoms with Crippen molar-refractivity contribution in [1.29, 1.82) is 0 Å². The molecule has 2 aromatic heterocycles. The van der Waals surface area contributed by atoms with Gasteiger partial charge in [-0.15, -0.1) is 0 Å². The number of nitrogens with two attached hydrogens (primary N) is 1. The lowest BCUT2D eigenvalue weighted by Crippen LogP contribution is -2.15. The zero-order valence-corrected chi connectivity index (χ0v) is 14.3. The van der Waals surface area contributed by atoms with Gasteiger partial charge in [0.2, 0.25) is 5.91 Å².